The fourth-order valence-corrected chi connectivity index (χ4v) is 2.68. The predicted molar refractivity (Wildman–Crippen MR) is 85.1 cm³/mol. The van der Waals surface area contributed by atoms with E-state index in [0.717, 1.165) is 31.0 Å². The summed E-state index contributed by atoms with van der Waals surface area (Å²) in [6.07, 6.45) is 2.76. The Morgan fingerprint density at radius 2 is 2.42 bits per heavy atom. The molecule has 3 rings (SSSR count). The molecule has 128 valence electrons. The topological polar surface area (TPSA) is 93.4 Å². The molecule has 0 aliphatic carbocycles. The molecule has 1 aliphatic rings. The number of hydrogen-bond donors (Lipinski definition) is 1. The monoisotopic (exact) mass is 331 g/mol. The normalized spacial score (nSPS) is 17.8. The highest BCUT2D eigenvalue weighted by atomic mass is 16.5. The summed E-state index contributed by atoms with van der Waals surface area (Å²) in [6.45, 7) is 6.09. The van der Waals surface area contributed by atoms with E-state index < -0.39 is 0 Å². The van der Waals surface area contributed by atoms with E-state index in [-0.39, 0.29) is 12.0 Å². The van der Waals surface area contributed by atoms with Gasteiger partial charge in [0.1, 0.15) is 11.9 Å². The number of likely N-dealkylation sites (tertiary alicyclic amines) is 1. The van der Waals surface area contributed by atoms with Crippen molar-refractivity contribution in [1.29, 1.82) is 0 Å². The molecule has 2 aromatic rings. The summed E-state index contributed by atoms with van der Waals surface area (Å²) in [4.78, 5) is 21.7. The van der Waals surface area contributed by atoms with Crippen molar-refractivity contribution >= 4 is 5.91 Å². The molecule has 1 fully saturated rings. The molecule has 1 amide bonds. The zero-order valence-electron chi connectivity index (χ0n) is 13.9. The Balaban J connectivity index is 1.51. The summed E-state index contributed by atoms with van der Waals surface area (Å²) in [6, 6.07) is 3.70. The molecule has 1 aliphatic heterocycles. The van der Waals surface area contributed by atoms with E-state index in [9.17, 15) is 4.79 Å². The zero-order valence-corrected chi connectivity index (χ0v) is 13.9. The van der Waals surface area contributed by atoms with E-state index in [1.165, 1.54) is 6.92 Å². The van der Waals surface area contributed by atoms with E-state index in [1.807, 2.05) is 12.1 Å². The number of carbonyl (C=O) groups is 1. The number of aromatic nitrogens is 3. The van der Waals surface area contributed by atoms with Crippen molar-refractivity contribution in [2.24, 2.45) is 0 Å². The Morgan fingerprint density at radius 1 is 1.54 bits per heavy atom. The van der Waals surface area contributed by atoms with Crippen molar-refractivity contribution in [3.05, 3.63) is 35.7 Å². The lowest BCUT2D eigenvalue weighted by atomic mass is 10.3. The van der Waals surface area contributed by atoms with Crippen molar-refractivity contribution < 1.29 is 14.1 Å². The molecule has 8 nitrogen and oxygen atoms in total. The lowest BCUT2D eigenvalue weighted by Crippen LogP contribution is -2.25. The van der Waals surface area contributed by atoms with Crippen LogP contribution in [0.1, 0.15) is 30.8 Å². The van der Waals surface area contributed by atoms with Gasteiger partial charge in [-0.15, -0.1) is 0 Å². The molecule has 0 aromatic carbocycles. The maximum atomic E-state index is 11.0. The summed E-state index contributed by atoms with van der Waals surface area (Å²) in [7, 11) is 0. The number of nitrogens with zero attached hydrogens (tertiary/aromatic N) is 4. The number of ether oxygens (including phenoxy) is 1. The van der Waals surface area contributed by atoms with Gasteiger partial charge in [-0.3, -0.25) is 14.7 Å². The molecular formula is C16H21N5O3. The first-order valence-corrected chi connectivity index (χ1v) is 7.96. The molecule has 1 atom stereocenters. The van der Waals surface area contributed by atoms with E-state index in [4.69, 9.17) is 9.26 Å². The van der Waals surface area contributed by atoms with Crippen LogP contribution in [0, 0.1) is 6.92 Å². The van der Waals surface area contributed by atoms with Crippen LogP contribution < -0.4 is 10.1 Å². The standard InChI is InChI=1S/C16H21N5O3/c1-11(22)18-8-13-7-14(3-5-17-13)23-15-4-6-21(9-15)10-16-19-12(2)24-20-16/h3,5,7,15H,4,6,8-10H2,1-2H3,(H,18,22). The Bertz CT molecular complexity index is 703. The number of pyridine rings is 1. The van der Waals surface area contributed by atoms with Crippen LogP contribution >= 0.6 is 0 Å². The first-order chi connectivity index (χ1) is 11.6. The van der Waals surface area contributed by atoms with Gasteiger partial charge >= 0.3 is 0 Å². The van der Waals surface area contributed by atoms with Crippen LogP contribution in [-0.4, -0.2) is 45.1 Å². The van der Waals surface area contributed by atoms with Gasteiger partial charge in [0.2, 0.25) is 11.8 Å². The van der Waals surface area contributed by atoms with Crippen molar-refractivity contribution in [2.75, 3.05) is 13.1 Å². The van der Waals surface area contributed by atoms with Crippen molar-refractivity contribution in [3.8, 4) is 5.75 Å². The number of amides is 1. The van der Waals surface area contributed by atoms with Crippen LogP contribution in [0.3, 0.4) is 0 Å². The average Bonchev–Trinajstić information content (AvgIpc) is 3.15. The number of nitrogens with one attached hydrogen (secondary N) is 1. The molecule has 24 heavy (non-hydrogen) atoms. The van der Waals surface area contributed by atoms with Crippen LogP contribution in [0.2, 0.25) is 0 Å². The van der Waals surface area contributed by atoms with E-state index >= 15 is 0 Å². The van der Waals surface area contributed by atoms with E-state index in [2.05, 4.69) is 25.3 Å². The minimum absolute atomic E-state index is 0.0775. The SMILES string of the molecule is CC(=O)NCc1cc(OC2CCN(Cc3noc(C)n3)C2)ccn1. The Kier molecular flexibility index (Phi) is 5.05. The van der Waals surface area contributed by atoms with E-state index in [0.29, 0.717) is 24.8 Å². The van der Waals surface area contributed by atoms with Gasteiger partial charge < -0.3 is 14.6 Å². The second-order valence-electron chi connectivity index (χ2n) is 5.89. The average molecular weight is 331 g/mol. The third-order valence-corrected chi connectivity index (χ3v) is 3.77. The van der Waals surface area contributed by atoms with Crippen LogP contribution in [0.4, 0.5) is 0 Å². The molecule has 1 saturated heterocycles. The van der Waals surface area contributed by atoms with E-state index in [1.54, 1.807) is 13.1 Å². The summed E-state index contributed by atoms with van der Waals surface area (Å²) < 4.78 is 11.0. The van der Waals surface area contributed by atoms with Gasteiger partial charge in [-0.25, -0.2) is 0 Å². The number of aryl methyl sites for hydroxylation is 1. The first-order valence-electron chi connectivity index (χ1n) is 7.96. The Labute approximate surface area is 140 Å². The van der Waals surface area contributed by atoms with Gasteiger partial charge in [-0.05, 0) is 12.5 Å². The number of hydrogen-bond acceptors (Lipinski definition) is 7. The highest BCUT2D eigenvalue weighted by molar-refractivity contribution is 5.72. The minimum Gasteiger partial charge on any atom is -0.489 e. The second kappa shape index (κ2) is 7.39. The highest BCUT2D eigenvalue weighted by Crippen LogP contribution is 2.19. The molecule has 0 spiro atoms. The van der Waals surface area contributed by atoms with Crippen molar-refractivity contribution in [3.63, 3.8) is 0 Å². The molecular weight excluding hydrogens is 310 g/mol. The van der Waals surface area contributed by atoms with Crippen LogP contribution in [0.5, 0.6) is 5.75 Å². The highest BCUT2D eigenvalue weighted by Gasteiger charge is 2.25. The largest absolute Gasteiger partial charge is 0.489 e. The molecule has 1 unspecified atom stereocenters. The molecule has 0 radical (unpaired) electrons. The summed E-state index contributed by atoms with van der Waals surface area (Å²) in [5.41, 5.74) is 0.778. The number of rotatable bonds is 6. The third kappa shape index (κ3) is 4.51. The van der Waals surface area contributed by atoms with Crippen LogP contribution in [0.25, 0.3) is 0 Å². The Hall–Kier alpha value is -2.48. The van der Waals surface area contributed by atoms with Gasteiger partial charge in [0.15, 0.2) is 5.82 Å². The molecule has 2 aromatic heterocycles. The molecule has 8 heteroatoms. The van der Waals surface area contributed by atoms with Gasteiger partial charge in [-0.1, -0.05) is 5.16 Å². The lowest BCUT2D eigenvalue weighted by molar-refractivity contribution is -0.119. The smallest absolute Gasteiger partial charge is 0.223 e. The van der Waals surface area contributed by atoms with Crippen molar-refractivity contribution in [2.45, 2.75) is 39.5 Å². The molecule has 3 heterocycles. The number of carbonyl (C=O) groups excluding carboxylic acids is 1. The molecule has 0 saturated carbocycles. The summed E-state index contributed by atoms with van der Waals surface area (Å²) in [5, 5.41) is 6.65. The fourth-order valence-electron chi connectivity index (χ4n) is 2.68. The lowest BCUT2D eigenvalue weighted by Gasteiger charge is -2.15. The summed E-state index contributed by atoms with van der Waals surface area (Å²) in [5.74, 6) is 1.98. The Morgan fingerprint density at radius 3 is 3.17 bits per heavy atom. The zero-order chi connectivity index (χ0) is 16.9. The quantitative estimate of drug-likeness (QED) is 0.846. The van der Waals surface area contributed by atoms with Crippen LogP contribution in [0.15, 0.2) is 22.9 Å². The maximum absolute atomic E-state index is 11.0. The van der Waals surface area contributed by atoms with Gasteiger partial charge in [0, 0.05) is 39.2 Å². The van der Waals surface area contributed by atoms with Gasteiger partial charge in [0.05, 0.1) is 18.8 Å². The first kappa shape index (κ1) is 16.4. The maximum Gasteiger partial charge on any atom is 0.223 e. The van der Waals surface area contributed by atoms with Gasteiger partial charge in [-0.2, -0.15) is 4.98 Å². The van der Waals surface area contributed by atoms with Crippen molar-refractivity contribution in [1.82, 2.24) is 25.3 Å². The van der Waals surface area contributed by atoms with Crippen LogP contribution in [-0.2, 0) is 17.9 Å². The second-order valence-corrected chi connectivity index (χ2v) is 5.89. The predicted octanol–water partition coefficient (Wildman–Crippen LogP) is 1.06. The third-order valence-electron chi connectivity index (χ3n) is 3.77. The fraction of sp³-hybridized carbons (Fsp3) is 0.500. The minimum atomic E-state index is -0.0775. The molecule has 0 bridgehead atoms. The molecule has 1 N–H and O–H groups in total. The summed E-state index contributed by atoms with van der Waals surface area (Å²) >= 11 is 0. The van der Waals surface area contributed by atoms with Gasteiger partial charge in [0.25, 0.3) is 0 Å².